The maximum Gasteiger partial charge on any atom is 0.404 e. The van der Waals surface area contributed by atoms with Crippen molar-refractivity contribution < 1.29 is 27.9 Å². The minimum absolute atomic E-state index is 0.00558. The van der Waals surface area contributed by atoms with Gasteiger partial charge in [0.1, 0.15) is 0 Å². The lowest BCUT2D eigenvalue weighted by molar-refractivity contribution is -0.198. The first-order valence-electron chi connectivity index (χ1n) is 5.14. The van der Waals surface area contributed by atoms with Crippen LogP contribution < -0.4 is 11.1 Å². The van der Waals surface area contributed by atoms with Crippen LogP contribution >= 0.6 is 0 Å². The zero-order chi connectivity index (χ0) is 14.6. The summed E-state index contributed by atoms with van der Waals surface area (Å²) < 4.78 is 38.4. The lowest BCUT2D eigenvalue weighted by atomic mass is 9.92. The highest BCUT2D eigenvalue weighted by atomic mass is 19.4. The fraction of sp³-hybridized carbons (Fsp3) is 0.273. The molecule has 4 N–H and O–H groups in total. The first kappa shape index (κ1) is 14.8. The van der Waals surface area contributed by atoms with Crippen LogP contribution in [0.1, 0.15) is 11.6 Å². The molecule has 0 saturated heterocycles. The number of primary amides is 1. The Balaban J connectivity index is 3.22. The molecule has 0 aliphatic heterocycles. The number of urea groups is 1. The van der Waals surface area contributed by atoms with Gasteiger partial charge in [0, 0.05) is 0 Å². The van der Waals surface area contributed by atoms with E-state index in [4.69, 9.17) is 10.8 Å². The van der Waals surface area contributed by atoms with Crippen LogP contribution in [0.15, 0.2) is 30.3 Å². The molecule has 1 aromatic rings. The quantitative estimate of drug-likeness (QED) is 0.780. The second-order valence-corrected chi connectivity index (χ2v) is 3.75. The molecule has 0 fully saturated rings. The molecule has 2 unspecified atom stereocenters. The first-order valence-corrected chi connectivity index (χ1v) is 5.14. The monoisotopic (exact) mass is 276 g/mol. The number of aliphatic carboxylic acids is 1. The van der Waals surface area contributed by atoms with Gasteiger partial charge in [-0.3, -0.25) is 4.79 Å². The number of carbonyl (C=O) groups excluding carboxylic acids is 1. The van der Waals surface area contributed by atoms with Crippen LogP contribution in [0.3, 0.4) is 0 Å². The number of halogens is 3. The number of hydrogen-bond donors (Lipinski definition) is 3. The second kappa shape index (κ2) is 5.59. The number of carbonyl (C=O) groups is 2. The van der Waals surface area contributed by atoms with Gasteiger partial charge in [-0.05, 0) is 5.56 Å². The van der Waals surface area contributed by atoms with Gasteiger partial charge in [0.25, 0.3) is 0 Å². The first-order chi connectivity index (χ1) is 8.73. The van der Waals surface area contributed by atoms with E-state index in [1.54, 1.807) is 6.07 Å². The van der Waals surface area contributed by atoms with E-state index < -0.39 is 30.1 Å². The molecule has 104 valence electrons. The summed E-state index contributed by atoms with van der Waals surface area (Å²) in [6.07, 6.45) is -5.02. The van der Waals surface area contributed by atoms with Crippen molar-refractivity contribution in [3.8, 4) is 0 Å². The summed E-state index contributed by atoms with van der Waals surface area (Å²) in [5.74, 6) is -4.86. The summed E-state index contributed by atoms with van der Waals surface area (Å²) >= 11 is 0. The average Bonchev–Trinajstić information content (AvgIpc) is 2.26. The Bertz CT molecular complexity index is 462. The van der Waals surface area contributed by atoms with Gasteiger partial charge in [-0.15, -0.1) is 0 Å². The Labute approximate surface area is 106 Å². The van der Waals surface area contributed by atoms with Crippen LogP contribution in [-0.4, -0.2) is 23.3 Å². The molecule has 2 amide bonds. The van der Waals surface area contributed by atoms with Crippen LogP contribution in [0.5, 0.6) is 0 Å². The van der Waals surface area contributed by atoms with E-state index in [9.17, 15) is 22.8 Å². The molecule has 0 saturated carbocycles. The molecule has 1 rings (SSSR count). The lowest BCUT2D eigenvalue weighted by Gasteiger charge is -2.26. The van der Waals surface area contributed by atoms with Crippen molar-refractivity contribution in [2.24, 2.45) is 11.7 Å². The van der Waals surface area contributed by atoms with Crippen molar-refractivity contribution in [3.63, 3.8) is 0 Å². The van der Waals surface area contributed by atoms with E-state index in [0.717, 1.165) is 0 Å². The summed E-state index contributed by atoms with van der Waals surface area (Å²) in [5, 5.41) is 10.6. The Hall–Kier alpha value is -2.25. The minimum Gasteiger partial charge on any atom is -0.481 e. The highest BCUT2D eigenvalue weighted by molar-refractivity contribution is 5.76. The fourth-order valence-corrected chi connectivity index (χ4v) is 1.64. The molecule has 0 bridgehead atoms. The Morgan fingerprint density at radius 3 is 2.11 bits per heavy atom. The summed E-state index contributed by atoms with van der Waals surface area (Å²) in [6.45, 7) is 0. The third-order valence-corrected chi connectivity index (χ3v) is 2.41. The normalized spacial score (nSPS) is 14.5. The third-order valence-electron chi connectivity index (χ3n) is 2.41. The molecule has 5 nitrogen and oxygen atoms in total. The molecule has 19 heavy (non-hydrogen) atoms. The van der Waals surface area contributed by atoms with Crippen LogP contribution in [0.25, 0.3) is 0 Å². The van der Waals surface area contributed by atoms with Crippen LogP contribution in [0, 0.1) is 5.92 Å². The number of rotatable bonds is 4. The molecule has 0 aliphatic rings. The molecule has 8 heteroatoms. The maximum absolute atomic E-state index is 12.8. The minimum atomic E-state index is -5.02. The van der Waals surface area contributed by atoms with Gasteiger partial charge in [-0.1, -0.05) is 30.3 Å². The van der Waals surface area contributed by atoms with Crippen molar-refractivity contribution >= 4 is 12.0 Å². The Morgan fingerprint density at radius 1 is 1.21 bits per heavy atom. The summed E-state index contributed by atoms with van der Waals surface area (Å²) in [5.41, 5.74) is 4.81. The fourth-order valence-electron chi connectivity index (χ4n) is 1.64. The summed E-state index contributed by atoms with van der Waals surface area (Å²) in [4.78, 5) is 21.6. The number of nitrogens with one attached hydrogen (secondary N) is 1. The highest BCUT2D eigenvalue weighted by Gasteiger charge is 2.51. The third kappa shape index (κ3) is 3.87. The number of benzene rings is 1. The molecule has 1 aromatic carbocycles. The highest BCUT2D eigenvalue weighted by Crippen LogP contribution is 2.36. The number of alkyl halides is 3. The molecule has 0 radical (unpaired) electrons. The molecule has 0 spiro atoms. The summed E-state index contributed by atoms with van der Waals surface area (Å²) in [7, 11) is 0. The number of carboxylic acid groups (broad SMARTS) is 1. The van der Waals surface area contributed by atoms with Crippen molar-refractivity contribution in [3.05, 3.63) is 35.9 Å². The molecular formula is C11H11F3N2O3. The standard InChI is InChI=1S/C11H11F3N2O3/c12-11(13,14)7(9(17)18)8(16-10(15)19)6-4-2-1-3-5-6/h1-5,7-8H,(H,17,18)(H3,15,16,19). The molecule has 0 heterocycles. The number of nitrogens with two attached hydrogens (primary N) is 1. The molecule has 2 atom stereocenters. The number of amides is 2. The Kier molecular flexibility index (Phi) is 4.36. The van der Waals surface area contributed by atoms with E-state index in [-0.39, 0.29) is 5.56 Å². The topological polar surface area (TPSA) is 92.4 Å². The van der Waals surface area contributed by atoms with Crippen LogP contribution in [-0.2, 0) is 4.79 Å². The van der Waals surface area contributed by atoms with Crippen LogP contribution in [0.2, 0.25) is 0 Å². The second-order valence-electron chi connectivity index (χ2n) is 3.75. The largest absolute Gasteiger partial charge is 0.481 e. The van der Waals surface area contributed by atoms with Gasteiger partial charge in [0.2, 0.25) is 0 Å². The average molecular weight is 276 g/mol. The van der Waals surface area contributed by atoms with Gasteiger partial charge in [-0.25, -0.2) is 4.79 Å². The van der Waals surface area contributed by atoms with E-state index in [1.807, 2.05) is 5.32 Å². The van der Waals surface area contributed by atoms with Crippen molar-refractivity contribution in [2.45, 2.75) is 12.2 Å². The Morgan fingerprint density at radius 2 is 1.74 bits per heavy atom. The number of carboxylic acids is 1. The van der Waals surface area contributed by atoms with Gasteiger partial charge in [-0.2, -0.15) is 13.2 Å². The van der Waals surface area contributed by atoms with Gasteiger partial charge in [0.05, 0.1) is 6.04 Å². The number of hydrogen-bond acceptors (Lipinski definition) is 2. The molecular weight excluding hydrogens is 265 g/mol. The van der Waals surface area contributed by atoms with Gasteiger partial charge >= 0.3 is 18.2 Å². The molecule has 0 aliphatic carbocycles. The lowest BCUT2D eigenvalue weighted by Crippen LogP contribution is -2.45. The zero-order valence-electron chi connectivity index (χ0n) is 9.52. The van der Waals surface area contributed by atoms with E-state index in [0.29, 0.717) is 0 Å². The summed E-state index contributed by atoms with van der Waals surface area (Å²) in [6, 6.07) is 3.96. The van der Waals surface area contributed by atoms with E-state index in [2.05, 4.69) is 0 Å². The van der Waals surface area contributed by atoms with Crippen molar-refractivity contribution in [1.29, 1.82) is 0 Å². The smallest absolute Gasteiger partial charge is 0.404 e. The van der Waals surface area contributed by atoms with Gasteiger partial charge in [0.15, 0.2) is 5.92 Å². The predicted molar refractivity (Wildman–Crippen MR) is 59.1 cm³/mol. The maximum atomic E-state index is 12.8. The SMILES string of the molecule is NC(=O)NC(c1ccccc1)C(C(=O)O)C(F)(F)F. The van der Waals surface area contributed by atoms with Crippen molar-refractivity contribution in [2.75, 3.05) is 0 Å². The van der Waals surface area contributed by atoms with Gasteiger partial charge < -0.3 is 16.2 Å². The zero-order valence-corrected chi connectivity index (χ0v) is 9.52. The molecule has 0 aromatic heterocycles. The van der Waals surface area contributed by atoms with E-state index >= 15 is 0 Å². The predicted octanol–water partition coefficient (Wildman–Crippen LogP) is 1.66. The van der Waals surface area contributed by atoms with Crippen molar-refractivity contribution in [1.82, 2.24) is 5.32 Å². The van der Waals surface area contributed by atoms with Crippen LogP contribution in [0.4, 0.5) is 18.0 Å². The van der Waals surface area contributed by atoms with E-state index in [1.165, 1.54) is 24.3 Å².